The van der Waals surface area contributed by atoms with Gasteiger partial charge in [-0.3, -0.25) is 22.7 Å². The third kappa shape index (κ3) is 16.8. The maximum Gasteiger partial charge on any atom is 3.00 e. The second kappa shape index (κ2) is 36.3. The first kappa shape index (κ1) is 80.4. The SMILES string of the molecule is Brc1cc(-c2ccccn2)[c-]cc1-c1ccccc1-c1cc(-c2ccccc2-c2ccc(-c3[c-]c[c-]c(-c4ccc(-c5ccccc5-c5cc(-c6ccccc6-c6c[c-]c(-c7ccccn7)cc6Br)cc(-c6ccccc6-c6c[c-]c(-c7ccccn7)cc6Br)c5)cn4)c3)nc2)cc(-c2ccccc2-c2c[c-]c(-c3ccccn3)cc2Br)c1.[Ir+3].[Ir+3]. The van der Waals surface area contributed by atoms with Gasteiger partial charge in [0.2, 0.25) is 0 Å². The zero-order valence-corrected chi connectivity index (χ0v) is 74.8. The second-order valence-electron chi connectivity index (χ2n) is 28.4. The van der Waals surface area contributed by atoms with Crippen molar-refractivity contribution in [3.05, 3.63) is 431 Å². The summed E-state index contributed by atoms with van der Waals surface area (Å²) in [5.41, 5.74) is 35.2. The quantitative estimate of drug-likeness (QED) is 0.0797. The fraction of sp³-hybridized carbons (Fsp3) is 0. The van der Waals surface area contributed by atoms with Gasteiger partial charge in [-0.2, -0.15) is 5.56 Å². The average molecular weight is 2150 g/mol. The van der Waals surface area contributed by atoms with Crippen molar-refractivity contribution in [1.82, 2.24) is 29.9 Å². The molecular weight excluding hydrogens is 2090 g/mol. The Balaban J connectivity index is 0.00000514. The van der Waals surface area contributed by atoms with Crippen LogP contribution in [0.25, 0.3) is 201 Å². The van der Waals surface area contributed by atoms with Crippen molar-refractivity contribution in [3.8, 4) is 201 Å². The molecule has 19 aromatic rings. The molecule has 12 heteroatoms. The van der Waals surface area contributed by atoms with Crippen LogP contribution in [-0.4, -0.2) is 29.9 Å². The number of nitrogens with zero attached hydrogens (tertiary/aromatic N) is 6. The number of hydrogen-bond acceptors (Lipinski definition) is 6. The number of pyridine rings is 6. The Labute approximate surface area is 758 Å². The predicted molar refractivity (Wildman–Crippen MR) is 495 cm³/mol. The van der Waals surface area contributed by atoms with Crippen LogP contribution in [0.15, 0.2) is 395 Å². The zero-order chi connectivity index (χ0) is 79.4. The van der Waals surface area contributed by atoms with Crippen LogP contribution in [0, 0.1) is 36.4 Å². The van der Waals surface area contributed by atoms with Gasteiger partial charge < -0.3 is 24.9 Å². The third-order valence-electron chi connectivity index (χ3n) is 21.3. The Bertz CT molecular complexity index is 6260. The first-order valence-corrected chi connectivity index (χ1v) is 41.6. The first-order valence-electron chi connectivity index (χ1n) is 38.4. The summed E-state index contributed by atoms with van der Waals surface area (Å²) < 4.78 is 3.77. The van der Waals surface area contributed by atoms with Crippen molar-refractivity contribution in [3.63, 3.8) is 0 Å². The van der Waals surface area contributed by atoms with Gasteiger partial charge in [0.25, 0.3) is 0 Å². The van der Waals surface area contributed by atoms with Gasteiger partial charge in [-0.25, -0.2) is 12.1 Å². The minimum atomic E-state index is 0. The summed E-state index contributed by atoms with van der Waals surface area (Å²) in [6.45, 7) is 0. The fourth-order valence-electron chi connectivity index (χ4n) is 15.5. The summed E-state index contributed by atoms with van der Waals surface area (Å²) in [4.78, 5) is 28.9. The Kier molecular flexibility index (Phi) is 24.3. The van der Waals surface area contributed by atoms with Crippen LogP contribution in [0.4, 0.5) is 0 Å². The van der Waals surface area contributed by atoms with E-state index in [0.717, 1.165) is 219 Å². The number of halogens is 4. The molecule has 120 heavy (non-hydrogen) atoms. The van der Waals surface area contributed by atoms with E-state index in [1.807, 2.05) is 116 Å². The van der Waals surface area contributed by atoms with E-state index >= 15 is 0 Å². The smallest absolute Gasteiger partial charge is 0.351 e. The Morgan fingerprint density at radius 3 is 0.600 bits per heavy atom. The van der Waals surface area contributed by atoms with Gasteiger partial charge in [0.1, 0.15) is 0 Å². The van der Waals surface area contributed by atoms with Crippen molar-refractivity contribution in [2.24, 2.45) is 0 Å². The fourth-order valence-corrected chi connectivity index (χ4v) is 17.8. The molecule has 0 radical (unpaired) electrons. The van der Waals surface area contributed by atoms with E-state index < -0.39 is 0 Å². The Morgan fingerprint density at radius 1 is 0.175 bits per heavy atom. The maximum atomic E-state index is 5.20. The van der Waals surface area contributed by atoms with Gasteiger partial charge in [-0.15, -0.1) is 101 Å². The third-order valence-corrected chi connectivity index (χ3v) is 23.9. The van der Waals surface area contributed by atoms with E-state index in [9.17, 15) is 0 Å². The normalized spacial score (nSPS) is 11.0. The Hall–Kier alpha value is -12.0. The molecule has 0 aliphatic heterocycles. The van der Waals surface area contributed by atoms with E-state index in [2.05, 4.69) is 381 Å². The zero-order valence-electron chi connectivity index (χ0n) is 63.7. The van der Waals surface area contributed by atoms with Crippen LogP contribution in [0.5, 0.6) is 0 Å². The summed E-state index contributed by atoms with van der Waals surface area (Å²) in [7, 11) is 0. The second-order valence-corrected chi connectivity index (χ2v) is 31.9. The van der Waals surface area contributed by atoms with Gasteiger partial charge in [-0.05, 0) is 173 Å². The van der Waals surface area contributed by atoms with Crippen molar-refractivity contribution >= 4 is 63.7 Å². The monoisotopic (exact) mass is 2140 g/mol. The van der Waals surface area contributed by atoms with Crippen LogP contribution < -0.4 is 0 Å². The molecule has 0 saturated heterocycles. The van der Waals surface area contributed by atoms with Gasteiger partial charge in [0.15, 0.2) is 0 Å². The van der Waals surface area contributed by atoms with E-state index in [4.69, 9.17) is 9.97 Å². The van der Waals surface area contributed by atoms with Crippen molar-refractivity contribution in [2.45, 2.75) is 0 Å². The van der Waals surface area contributed by atoms with E-state index in [1.165, 1.54) is 0 Å². The standard InChI is InChI=1S/C108H62Br4N6.2Ir/c109-99-63-71(103-36-13-17-52-113-103)40-46-95(99)91-32-9-5-28-87(91)79-57-77(58-80(61-79)88-29-6-10-33-92(88)96-47-41-72(64-100(96)110)104-37-14-18-53-114-104)85-26-3-1-24-83(85)75-44-50-107(117-67-75)69-22-21-23-70(56-69)108-51-45-76(68-118-108)84-25-2-4-27-86(84)78-59-81(89-30-7-11-34-93(89)97-48-42-73(65-101(97)111)105-38-15-19-54-115-105)62-82(60-78)90-31-8-12-35-94(90)98-49-43-74(66-102(98)112)106-39-16-20-55-116-106;;/h1-21,24-39,44-68H;;/q-6;2*+3. The molecule has 6 nitrogen and oxygen atoms in total. The number of benzene rings is 13. The van der Waals surface area contributed by atoms with Crippen LogP contribution in [0.1, 0.15) is 0 Å². The Morgan fingerprint density at radius 2 is 0.383 bits per heavy atom. The van der Waals surface area contributed by atoms with Gasteiger partial charge in [-0.1, -0.05) is 338 Å². The summed E-state index contributed by atoms with van der Waals surface area (Å²) in [5, 5.41) is 0. The molecule has 0 atom stereocenters. The van der Waals surface area contributed by atoms with Crippen molar-refractivity contribution in [1.29, 1.82) is 0 Å². The summed E-state index contributed by atoms with van der Waals surface area (Å²) in [6, 6.07) is 140. The molecule has 0 amide bonds. The molecule has 0 aliphatic rings. The topological polar surface area (TPSA) is 77.3 Å². The first-order chi connectivity index (χ1) is 58.1. The summed E-state index contributed by atoms with van der Waals surface area (Å²) in [5.74, 6) is 0. The predicted octanol–water partition coefficient (Wildman–Crippen LogP) is 29.9. The van der Waals surface area contributed by atoms with Crippen LogP contribution >= 0.6 is 63.7 Å². The molecule has 0 bridgehead atoms. The summed E-state index contributed by atoms with van der Waals surface area (Å²) in [6.07, 6.45) is 11.2. The summed E-state index contributed by atoms with van der Waals surface area (Å²) >= 11 is 16.0. The van der Waals surface area contributed by atoms with Crippen molar-refractivity contribution in [2.75, 3.05) is 0 Å². The molecule has 570 valence electrons. The molecule has 0 aliphatic carbocycles. The molecule has 0 spiro atoms. The maximum absolute atomic E-state index is 5.20. The molecule has 19 rings (SSSR count). The van der Waals surface area contributed by atoms with Crippen LogP contribution in [-0.2, 0) is 40.2 Å². The van der Waals surface area contributed by atoms with Gasteiger partial charge in [0.05, 0.1) is 0 Å². The largest absolute Gasteiger partial charge is 3.00 e. The molecule has 0 unspecified atom stereocenters. The average Bonchev–Trinajstić information content (AvgIpc) is 0.764. The minimum Gasteiger partial charge on any atom is -0.351 e. The van der Waals surface area contributed by atoms with Crippen LogP contribution in [0.3, 0.4) is 0 Å². The molecule has 6 aromatic heterocycles. The number of rotatable bonds is 18. The number of aromatic nitrogens is 6. The minimum absolute atomic E-state index is 0. The molecule has 6 heterocycles. The van der Waals surface area contributed by atoms with Crippen molar-refractivity contribution < 1.29 is 40.2 Å². The van der Waals surface area contributed by atoms with Gasteiger partial charge >= 0.3 is 40.2 Å². The number of hydrogen-bond donors (Lipinski definition) is 0. The van der Waals surface area contributed by atoms with Crippen LogP contribution in [0.2, 0.25) is 0 Å². The van der Waals surface area contributed by atoms with E-state index in [0.29, 0.717) is 0 Å². The molecule has 0 saturated carbocycles. The molecule has 0 N–H and O–H groups in total. The molecule has 0 fully saturated rings. The van der Waals surface area contributed by atoms with E-state index in [-0.39, 0.29) is 40.2 Å². The van der Waals surface area contributed by atoms with Gasteiger partial charge in [0, 0.05) is 48.4 Å². The molecular formula is C108H62Br4Ir2N6. The molecule has 13 aromatic carbocycles. The van der Waals surface area contributed by atoms with E-state index in [1.54, 1.807) is 0 Å².